The number of fused-ring (bicyclic) bond motifs is 2. The molecule has 1 fully saturated rings. The van der Waals surface area contributed by atoms with Crippen molar-refractivity contribution in [2.24, 2.45) is 0 Å². The van der Waals surface area contributed by atoms with Crippen molar-refractivity contribution in [2.45, 2.75) is 25.7 Å². The molecule has 2 aliphatic rings. The molecular weight excluding hydrogens is 421 g/mol. The second-order valence-corrected chi connectivity index (χ2v) is 8.78. The van der Waals surface area contributed by atoms with Gasteiger partial charge in [0.2, 0.25) is 0 Å². The van der Waals surface area contributed by atoms with Crippen LogP contribution < -0.4 is 10.4 Å². The molecule has 0 aromatic heterocycles. The van der Waals surface area contributed by atoms with Gasteiger partial charge in [0.15, 0.2) is 11.6 Å². The zero-order valence-corrected chi connectivity index (χ0v) is 19.6. The largest absolute Gasteiger partial charge is 0.384 e. The van der Waals surface area contributed by atoms with Crippen LogP contribution in [0.3, 0.4) is 0 Å². The quantitative estimate of drug-likeness (QED) is 0.363. The van der Waals surface area contributed by atoms with Crippen LogP contribution in [0.1, 0.15) is 56.7 Å². The Bertz CT molecular complexity index is 973. The van der Waals surface area contributed by atoms with Gasteiger partial charge in [0, 0.05) is 42.0 Å². The van der Waals surface area contributed by atoms with Crippen molar-refractivity contribution < 1.29 is 14.3 Å². The van der Waals surface area contributed by atoms with E-state index >= 15 is 0 Å². The lowest BCUT2D eigenvalue weighted by Gasteiger charge is -2.27. The van der Waals surface area contributed by atoms with Crippen molar-refractivity contribution in [3.8, 4) is 0 Å². The van der Waals surface area contributed by atoms with E-state index in [1.165, 1.54) is 0 Å². The van der Waals surface area contributed by atoms with Crippen molar-refractivity contribution in [1.82, 2.24) is 9.99 Å². The Morgan fingerprint density at radius 1 is 0.875 bits per heavy atom. The van der Waals surface area contributed by atoms with Gasteiger partial charge in [-0.2, -0.15) is 0 Å². The van der Waals surface area contributed by atoms with Crippen LogP contribution in [0.15, 0.2) is 36.4 Å². The summed E-state index contributed by atoms with van der Waals surface area (Å²) in [5.41, 5.74) is 3.89. The van der Waals surface area contributed by atoms with Gasteiger partial charge in [0.25, 0.3) is 0 Å². The van der Waals surface area contributed by atoms with E-state index in [1.54, 1.807) is 12.1 Å². The van der Waals surface area contributed by atoms with Crippen LogP contribution in [0.2, 0.25) is 0 Å². The van der Waals surface area contributed by atoms with Gasteiger partial charge in [-0.3, -0.25) is 14.5 Å². The number of nitrogens with zero attached hydrogens (tertiary/aromatic N) is 1. The van der Waals surface area contributed by atoms with Gasteiger partial charge >= 0.3 is 0 Å². The summed E-state index contributed by atoms with van der Waals surface area (Å²) in [5.74, 6) is -0.0920. The molecule has 1 aliphatic carbocycles. The van der Waals surface area contributed by atoms with Crippen LogP contribution in [0.4, 0.5) is 5.69 Å². The Hall–Kier alpha value is -2.11. The van der Waals surface area contributed by atoms with Crippen LogP contribution in [0.5, 0.6) is 0 Å². The lowest BCUT2D eigenvalue weighted by atomic mass is 9.80. The van der Waals surface area contributed by atoms with E-state index in [4.69, 9.17) is 4.74 Å². The predicted molar refractivity (Wildman–Crippen MR) is 131 cm³/mol. The van der Waals surface area contributed by atoms with Crippen molar-refractivity contribution >= 4 is 26.6 Å². The minimum atomic E-state index is -0.0562. The maximum Gasteiger partial charge on any atom is 0.196 e. The summed E-state index contributed by atoms with van der Waals surface area (Å²) in [5, 5.41) is 6.54. The minimum Gasteiger partial charge on any atom is -0.384 e. The molecule has 1 atom stereocenters. The fraction of sp³-hybridized carbons (Fsp3) is 0.440. The van der Waals surface area contributed by atoms with E-state index in [-0.39, 0.29) is 11.6 Å². The highest BCUT2D eigenvalue weighted by molar-refractivity contribution is 7.13. The van der Waals surface area contributed by atoms with E-state index < -0.39 is 0 Å². The lowest BCUT2D eigenvalue weighted by Crippen LogP contribution is -2.37. The van der Waals surface area contributed by atoms with Gasteiger partial charge in [-0.1, -0.05) is 39.7 Å². The first kappa shape index (κ1) is 23.1. The van der Waals surface area contributed by atoms with Crippen molar-refractivity contribution in [1.29, 1.82) is 0 Å². The molecule has 6 nitrogen and oxygen atoms in total. The van der Waals surface area contributed by atoms with Gasteiger partial charge < -0.3 is 15.1 Å². The topological polar surface area (TPSA) is 70.7 Å². The normalized spacial score (nSPS) is 16.0. The Morgan fingerprint density at radius 3 is 2.31 bits per heavy atom. The third kappa shape index (κ3) is 5.10. The zero-order chi connectivity index (χ0) is 22.3. The molecule has 1 heterocycles. The summed E-state index contributed by atoms with van der Waals surface area (Å²) < 4.78 is 5.41. The molecule has 170 valence electrons. The van der Waals surface area contributed by atoms with Crippen LogP contribution in [0, 0.1) is 0 Å². The molecule has 4 rings (SSSR count). The first-order valence-electron chi connectivity index (χ1n) is 11.5. The average Bonchev–Trinajstić information content (AvgIpc) is 2.84. The van der Waals surface area contributed by atoms with Crippen LogP contribution in [-0.4, -0.2) is 62.4 Å². The highest BCUT2D eigenvalue weighted by atomic mass is 31.0. The fourth-order valence-electron chi connectivity index (χ4n) is 4.54. The number of morpholine rings is 1. The second kappa shape index (κ2) is 11.2. The number of anilines is 1. The second-order valence-electron chi connectivity index (χ2n) is 8.37. The number of nitrogens with one attached hydrogen (secondary N) is 2. The molecule has 32 heavy (non-hydrogen) atoms. The fourth-order valence-corrected chi connectivity index (χ4v) is 4.74. The SMILES string of the molecule is O=C1c2ccccc2C(=O)c2c(NCCCN3CCOCC3)ccc(CCCCNP)c21. The molecule has 0 bridgehead atoms. The monoisotopic (exact) mass is 453 g/mol. The van der Waals surface area contributed by atoms with Gasteiger partial charge in [-0.15, -0.1) is 0 Å². The van der Waals surface area contributed by atoms with E-state index in [1.807, 2.05) is 24.3 Å². The molecule has 0 amide bonds. The number of unbranched alkanes of at least 4 members (excludes halogenated alkanes) is 1. The highest BCUT2D eigenvalue weighted by Gasteiger charge is 2.33. The Balaban J connectivity index is 1.54. The Morgan fingerprint density at radius 2 is 1.59 bits per heavy atom. The molecule has 0 saturated carbocycles. The molecule has 2 aromatic rings. The maximum absolute atomic E-state index is 13.5. The molecule has 2 N–H and O–H groups in total. The van der Waals surface area contributed by atoms with Crippen molar-refractivity contribution in [3.63, 3.8) is 0 Å². The molecule has 1 aliphatic heterocycles. The molecule has 1 unspecified atom stereocenters. The van der Waals surface area contributed by atoms with Gasteiger partial charge in [0.05, 0.1) is 18.8 Å². The number of ketones is 2. The molecule has 2 aromatic carbocycles. The Labute approximate surface area is 192 Å². The minimum absolute atomic E-state index is 0.0358. The first-order chi connectivity index (χ1) is 15.7. The summed E-state index contributed by atoms with van der Waals surface area (Å²) >= 11 is 0. The molecule has 0 spiro atoms. The van der Waals surface area contributed by atoms with E-state index in [0.717, 1.165) is 82.9 Å². The first-order valence-corrected chi connectivity index (χ1v) is 12.1. The summed E-state index contributed by atoms with van der Waals surface area (Å²) in [7, 11) is 2.52. The maximum atomic E-state index is 13.5. The Kier molecular flexibility index (Phi) is 8.04. The predicted octanol–water partition coefficient (Wildman–Crippen LogP) is 3.30. The molecule has 7 heteroatoms. The molecule has 1 saturated heterocycles. The van der Waals surface area contributed by atoms with Crippen molar-refractivity contribution in [3.05, 3.63) is 64.2 Å². The standard InChI is InChI=1S/C25H32N3O3P/c29-24-19-7-1-2-8-20(19)25(30)23-21(26-11-5-13-28-14-16-31-17-15-28)10-9-18(22(23)24)6-3-4-12-27-32/h1-2,7-10,26-27H,3-6,11-17,32H2. The van der Waals surface area contributed by atoms with Gasteiger partial charge in [0.1, 0.15) is 0 Å². The number of carbonyl (C=O) groups is 2. The lowest BCUT2D eigenvalue weighted by molar-refractivity contribution is 0.0378. The number of aryl methyl sites for hydroxylation is 1. The van der Waals surface area contributed by atoms with Crippen LogP contribution in [-0.2, 0) is 11.2 Å². The third-order valence-corrected chi connectivity index (χ3v) is 6.54. The van der Waals surface area contributed by atoms with E-state index in [2.05, 4.69) is 24.7 Å². The van der Waals surface area contributed by atoms with E-state index in [9.17, 15) is 9.59 Å². The highest BCUT2D eigenvalue weighted by Crippen LogP contribution is 2.35. The average molecular weight is 454 g/mol. The van der Waals surface area contributed by atoms with Crippen LogP contribution >= 0.6 is 9.39 Å². The number of rotatable bonds is 10. The number of hydrogen-bond donors (Lipinski definition) is 2. The smallest absolute Gasteiger partial charge is 0.196 e. The summed E-state index contributed by atoms with van der Waals surface area (Å²) in [4.78, 5) is 29.3. The number of carbonyl (C=O) groups excluding carboxylic acids is 2. The summed E-state index contributed by atoms with van der Waals surface area (Å²) in [6.45, 7) is 6.20. The van der Waals surface area contributed by atoms with Gasteiger partial charge in [-0.05, 0) is 50.4 Å². The molecule has 0 radical (unpaired) electrons. The summed E-state index contributed by atoms with van der Waals surface area (Å²) in [6.07, 6.45) is 3.73. The third-order valence-electron chi connectivity index (χ3n) is 6.25. The summed E-state index contributed by atoms with van der Waals surface area (Å²) in [6, 6.07) is 11.2. The van der Waals surface area contributed by atoms with Crippen LogP contribution in [0.25, 0.3) is 0 Å². The van der Waals surface area contributed by atoms with E-state index in [0.29, 0.717) is 22.3 Å². The van der Waals surface area contributed by atoms with Crippen molar-refractivity contribution in [2.75, 3.05) is 51.3 Å². The number of ether oxygens (including phenoxy) is 1. The molecular formula is C25H32N3O3P. The van der Waals surface area contributed by atoms with Gasteiger partial charge in [-0.25, -0.2) is 0 Å². The number of hydrogen-bond acceptors (Lipinski definition) is 6. The zero-order valence-electron chi connectivity index (χ0n) is 18.5. The number of benzene rings is 2.